The Morgan fingerprint density at radius 2 is 1.64 bits per heavy atom. The molecule has 0 aliphatic carbocycles. The molecule has 1 heterocycles. The van der Waals surface area contributed by atoms with Crippen LogP contribution < -0.4 is 15.5 Å². The first-order valence-corrected chi connectivity index (χ1v) is 8.08. The van der Waals surface area contributed by atoms with Crippen LogP contribution in [-0.2, 0) is 0 Å². The van der Waals surface area contributed by atoms with Crippen molar-refractivity contribution in [1.29, 1.82) is 0 Å². The zero-order valence-electron chi connectivity index (χ0n) is 13.9. The van der Waals surface area contributed by atoms with Crippen molar-refractivity contribution in [3.63, 3.8) is 0 Å². The predicted molar refractivity (Wildman–Crippen MR) is 95.2 cm³/mol. The van der Waals surface area contributed by atoms with Crippen LogP contribution in [0.5, 0.6) is 0 Å². The summed E-state index contributed by atoms with van der Waals surface area (Å²) in [4.78, 5) is 16.5. The lowest BCUT2D eigenvalue weighted by Crippen LogP contribution is -2.44. The van der Waals surface area contributed by atoms with Crippen LogP contribution in [0.4, 0.5) is 30.6 Å². The van der Waals surface area contributed by atoms with Crippen molar-refractivity contribution in [3.05, 3.63) is 54.1 Å². The number of hydrogen-bond acceptors (Lipinski definition) is 3. The van der Waals surface area contributed by atoms with Crippen LogP contribution in [-0.4, -0.2) is 44.2 Å². The highest BCUT2D eigenvalue weighted by Gasteiger charge is 2.14. The molecule has 7 heteroatoms. The van der Waals surface area contributed by atoms with Gasteiger partial charge in [-0.25, -0.2) is 13.6 Å². The van der Waals surface area contributed by atoms with Crippen molar-refractivity contribution in [1.82, 2.24) is 4.90 Å². The quantitative estimate of drug-likeness (QED) is 0.896. The smallest absolute Gasteiger partial charge is 0.323 e. The van der Waals surface area contributed by atoms with Crippen LogP contribution >= 0.6 is 0 Å². The molecule has 5 nitrogen and oxygen atoms in total. The Bertz CT molecular complexity index is 743. The van der Waals surface area contributed by atoms with Crippen LogP contribution in [0.3, 0.4) is 0 Å². The minimum Gasteiger partial charge on any atom is -0.369 e. The SMILES string of the molecule is CN1CCN(c2ccc(NC(=O)Nc3ccc(F)cc3F)cc2)CC1. The largest absolute Gasteiger partial charge is 0.369 e. The number of rotatable bonds is 3. The second-order valence-electron chi connectivity index (χ2n) is 6.04. The third-order valence-corrected chi connectivity index (χ3v) is 4.17. The molecule has 2 aromatic rings. The summed E-state index contributed by atoms with van der Waals surface area (Å²) in [6.07, 6.45) is 0. The van der Waals surface area contributed by atoms with Crippen molar-refractivity contribution in [2.45, 2.75) is 0 Å². The molecule has 0 atom stereocenters. The van der Waals surface area contributed by atoms with Crippen molar-refractivity contribution in [3.8, 4) is 0 Å². The average Bonchev–Trinajstić information content (AvgIpc) is 2.59. The van der Waals surface area contributed by atoms with E-state index >= 15 is 0 Å². The number of nitrogens with one attached hydrogen (secondary N) is 2. The molecular formula is C18H20F2N4O. The highest BCUT2D eigenvalue weighted by molar-refractivity contribution is 5.99. The van der Waals surface area contributed by atoms with E-state index in [0.29, 0.717) is 5.69 Å². The zero-order chi connectivity index (χ0) is 17.8. The Balaban J connectivity index is 1.58. The number of urea groups is 1. The molecule has 0 unspecified atom stereocenters. The highest BCUT2D eigenvalue weighted by atomic mass is 19.1. The molecule has 3 rings (SSSR count). The number of anilines is 3. The fourth-order valence-corrected chi connectivity index (χ4v) is 2.70. The maximum Gasteiger partial charge on any atom is 0.323 e. The van der Waals surface area contributed by atoms with Crippen molar-refractivity contribution in [2.24, 2.45) is 0 Å². The second kappa shape index (κ2) is 7.48. The van der Waals surface area contributed by atoms with Crippen LogP contribution in [0.25, 0.3) is 0 Å². The number of carbonyl (C=O) groups excluding carboxylic acids is 1. The van der Waals surface area contributed by atoms with Gasteiger partial charge in [0.15, 0.2) is 0 Å². The van der Waals surface area contributed by atoms with E-state index in [-0.39, 0.29) is 5.69 Å². The van der Waals surface area contributed by atoms with Gasteiger partial charge in [0.1, 0.15) is 11.6 Å². The summed E-state index contributed by atoms with van der Waals surface area (Å²) in [6.45, 7) is 3.97. The number of likely N-dealkylation sites (N-methyl/N-ethyl adjacent to an activating group) is 1. The van der Waals surface area contributed by atoms with Crippen LogP contribution in [0.1, 0.15) is 0 Å². The first-order valence-electron chi connectivity index (χ1n) is 8.08. The van der Waals surface area contributed by atoms with E-state index in [1.54, 1.807) is 12.1 Å². The van der Waals surface area contributed by atoms with Gasteiger partial charge in [0.05, 0.1) is 5.69 Å². The maximum absolute atomic E-state index is 13.5. The highest BCUT2D eigenvalue weighted by Crippen LogP contribution is 2.20. The number of halogens is 2. The topological polar surface area (TPSA) is 47.6 Å². The van der Waals surface area contributed by atoms with E-state index in [1.165, 1.54) is 6.07 Å². The Morgan fingerprint density at radius 3 is 2.28 bits per heavy atom. The Morgan fingerprint density at radius 1 is 0.960 bits per heavy atom. The molecule has 2 amide bonds. The summed E-state index contributed by atoms with van der Waals surface area (Å²) in [7, 11) is 2.10. The zero-order valence-corrected chi connectivity index (χ0v) is 13.9. The van der Waals surface area contributed by atoms with Gasteiger partial charge >= 0.3 is 6.03 Å². The van der Waals surface area contributed by atoms with Crippen LogP contribution in [0, 0.1) is 11.6 Å². The van der Waals surface area contributed by atoms with Gasteiger partial charge in [-0.15, -0.1) is 0 Å². The van der Waals surface area contributed by atoms with Crippen LogP contribution in [0.2, 0.25) is 0 Å². The lowest BCUT2D eigenvalue weighted by Gasteiger charge is -2.34. The molecule has 0 spiro atoms. The standard InChI is InChI=1S/C18H20F2N4O/c1-23-8-10-24(11-9-23)15-5-3-14(4-6-15)21-18(25)22-17-7-2-13(19)12-16(17)20/h2-7,12H,8-11H2,1H3,(H2,21,22,25). The minimum atomic E-state index is -0.819. The molecule has 2 aromatic carbocycles. The molecule has 2 N–H and O–H groups in total. The molecule has 25 heavy (non-hydrogen) atoms. The number of hydrogen-bond donors (Lipinski definition) is 2. The summed E-state index contributed by atoms with van der Waals surface area (Å²) in [5, 5.41) is 4.99. The summed E-state index contributed by atoms with van der Waals surface area (Å²) in [6, 6.07) is 9.89. The minimum absolute atomic E-state index is 0.0760. The van der Waals surface area contributed by atoms with E-state index in [9.17, 15) is 13.6 Å². The van der Waals surface area contributed by atoms with Gasteiger partial charge in [0.25, 0.3) is 0 Å². The molecule has 0 aromatic heterocycles. The third-order valence-electron chi connectivity index (χ3n) is 4.17. The number of amides is 2. The van der Waals surface area contributed by atoms with Crippen molar-refractivity contribution < 1.29 is 13.6 Å². The Labute approximate surface area is 145 Å². The molecule has 0 bridgehead atoms. The van der Waals surface area contributed by atoms with Gasteiger partial charge in [0.2, 0.25) is 0 Å². The second-order valence-corrected chi connectivity index (χ2v) is 6.04. The Hall–Kier alpha value is -2.67. The maximum atomic E-state index is 13.5. The van der Waals surface area contributed by atoms with Gasteiger partial charge in [-0.1, -0.05) is 0 Å². The van der Waals surface area contributed by atoms with E-state index in [0.717, 1.165) is 44.0 Å². The van der Waals surface area contributed by atoms with E-state index < -0.39 is 17.7 Å². The summed E-state index contributed by atoms with van der Waals surface area (Å²) in [5.41, 5.74) is 1.62. The van der Waals surface area contributed by atoms with Gasteiger partial charge in [-0.2, -0.15) is 0 Å². The fourth-order valence-electron chi connectivity index (χ4n) is 2.70. The molecule has 132 valence electrons. The number of piperazine rings is 1. The molecule has 1 aliphatic heterocycles. The van der Waals surface area contributed by atoms with Gasteiger partial charge in [-0.05, 0) is 43.4 Å². The summed E-state index contributed by atoms with van der Waals surface area (Å²) < 4.78 is 26.4. The monoisotopic (exact) mass is 346 g/mol. The number of carbonyl (C=O) groups is 1. The first kappa shape index (κ1) is 17.2. The van der Waals surface area contributed by atoms with Crippen molar-refractivity contribution >= 4 is 23.1 Å². The van der Waals surface area contributed by atoms with Crippen molar-refractivity contribution in [2.75, 3.05) is 48.8 Å². The molecule has 1 aliphatic rings. The summed E-state index contributed by atoms with van der Waals surface area (Å²) >= 11 is 0. The lowest BCUT2D eigenvalue weighted by atomic mass is 10.2. The lowest BCUT2D eigenvalue weighted by molar-refractivity contribution is 0.262. The molecule has 0 saturated carbocycles. The van der Waals surface area contributed by atoms with E-state index in [2.05, 4.69) is 27.5 Å². The van der Waals surface area contributed by atoms with Gasteiger partial charge < -0.3 is 20.4 Å². The molecule has 1 fully saturated rings. The fraction of sp³-hybridized carbons (Fsp3) is 0.278. The van der Waals surface area contributed by atoms with E-state index in [1.807, 2.05) is 12.1 Å². The Kier molecular flexibility index (Phi) is 5.14. The average molecular weight is 346 g/mol. The molecule has 1 saturated heterocycles. The summed E-state index contributed by atoms with van der Waals surface area (Å²) in [5.74, 6) is -1.51. The van der Waals surface area contributed by atoms with Gasteiger partial charge in [-0.3, -0.25) is 0 Å². The molecular weight excluding hydrogens is 326 g/mol. The predicted octanol–water partition coefficient (Wildman–Crippen LogP) is 3.36. The molecule has 0 radical (unpaired) electrons. The first-order chi connectivity index (χ1) is 12.0. The normalized spacial score (nSPS) is 15.1. The van der Waals surface area contributed by atoms with Crippen LogP contribution in [0.15, 0.2) is 42.5 Å². The number of benzene rings is 2. The van der Waals surface area contributed by atoms with E-state index in [4.69, 9.17) is 0 Å². The number of nitrogens with zero attached hydrogens (tertiary/aromatic N) is 2. The third kappa shape index (κ3) is 4.45. The van der Waals surface area contributed by atoms with Gasteiger partial charge in [0, 0.05) is 43.6 Å².